The molecular formula is C27H27N3O3S. The van der Waals surface area contributed by atoms with E-state index in [1.165, 1.54) is 27.8 Å². The minimum Gasteiger partial charge on any atom is -0.478 e. The van der Waals surface area contributed by atoms with Gasteiger partial charge in [-0.15, -0.1) is 0 Å². The van der Waals surface area contributed by atoms with Crippen LogP contribution in [0.4, 0.5) is 5.69 Å². The highest BCUT2D eigenvalue weighted by Crippen LogP contribution is 2.35. The number of hydrogen-bond donors (Lipinski definition) is 1. The minimum atomic E-state index is -0.997. The number of nitrogens with zero attached hydrogens (tertiary/aromatic N) is 3. The second kappa shape index (κ2) is 8.99. The lowest BCUT2D eigenvalue weighted by Gasteiger charge is -2.11. The molecular weight excluding hydrogens is 446 g/mol. The first-order chi connectivity index (χ1) is 16.1. The van der Waals surface area contributed by atoms with Gasteiger partial charge in [0.1, 0.15) is 0 Å². The van der Waals surface area contributed by atoms with Gasteiger partial charge in [-0.05, 0) is 105 Å². The topological polar surface area (TPSA) is 74.9 Å². The van der Waals surface area contributed by atoms with Gasteiger partial charge in [-0.1, -0.05) is 12.1 Å². The lowest BCUT2D eigenvalue weighted by atomic mass is 10.1. The molecule has 1 aliphatic heterocycles. The number of aryl methyl sites for hydroxylation is 3. The largest absolute Gasteiger partial charge is 0.478 e. The van der Waals surface area contributed by atoms with E-state index in [1.807, 2.05) is 6.08 Å². The lowest BCUT2D eigenvalue weighted by Crippen LogP contribution is -2.23. The van der Waals surface area contributed by atoms with Gasteiger partial charge in [-0.2, -0.15) is 0 Å². The Labute approximate surface area is 203 Å². The number of carboxylic acid groups (broad SMARTS) is 1. The molecule has 2 heterocycles. The lowest BCUT2D eigenvalue weighted by molar-refractivity contribution is -0.121. The van der Waals surface area contributed by atoms with E-state index in [4.69, 9.17) is 0 Å². The van der Waals surface area contributed by atoms with Crippen molar-refractivity contribution in [1.82, 2.24) is 9.47 Å². The number of likely N-dealkylation sites (N-methyl/N-ethyl adjacent to an activating group) is 1. The van der Waals surface area contributed by atoms with Gasteiger partial charge in [-0.3, -0.25) is 9.69 Å². The van der Waals surface area contributed by atoms with E-state index >= 15 is 0 Å². The van der Waals surface area contributed by atoms with E-state index in [1.54, 1.807) is 32.2 Å². The molecule has 6 nitrogen and oxygen atoms in total. The van der Waals surface area contributed by atoms with Gasteiger partial charge >= 0.3 is 5.97 Å². The summed E-state index contributed by atoms with van der Waals surface area (Å²) >= 11 is 1.29. The third-order valence-electron chi connectivity index (χ3n) is 6.26. The Kier molecular flexibility index (Phi) is 6.23. The van der Waals surface area contributed by atoms with Crippen LogP contribution in [0.2, 0.25) is 0 Å². The first kappa shape index (κ1) is 23.6. The van der Waals surface area contributed by atoms with Crippen molar-refractivity contribution in [2.24, 2.45) is 4.99 Å². The summed E-state index contributed by atoms with van der Waals surface area (Å²) in [7, 11) is 1.68. The molecule has 2 aromatic carbocycles. The third kappa shape index (κ3) is 4.19. The molecule has 0 saturated carbocycles. The van der Waals surface area contributed by atoms with Crippen LogP contribution in [0.15, 0.2) is 52.4 Å². The van der Waals surface area contributed by atoms with Crippen molar-refractivity contribution in [2.75, 3.05) is 7.05 Å². The zero-order valence-electron chi connectivity index (χ0n) is 20.1. The maximum Gasteiger partial charge on any atom is 0.336 e. The molecule has 1 aromatic heterocycles. The fraction of sp³-hybridized carbons (Fsp3) is 0.222. The molecule has 0 radical (unpaired) electrons. The molecule has 0 aliphatic carbocycles. The highest BCUT2D eigenvalue weighted by atomic mass is 32.2. The highest BCUT2D eigenvalue weighted by Gasteiger charge is 2.31. The predicted octanol–water partition coefficient (Wildman–Crippen LogP) is 5.95. The quantitative estimate of drug-likeness (QED) is 0.475. The summed E-state index contributed by atoms with van der Waals surface area (Å²) in [6.07, 6.45) is 1.91. The van der Waals surface area contributed by atoms with Gasteiger partial charge in [-0.25, -0.2) is 9.79 Å². The molecule has 34 heavy (non-hydrogen) atoms. The number of benzene rings is 2. The second-order valence-corrected chi connectivity index (χ2v) is 9.56. The van der Waals surface area contributed by atoms with Crippen molar-refractivity contribution in [2.45, 2.75) is 34.6 Å². The van der Waals surface area contributed by atoms with Crippen molar-refractivity contribution in [3.05, 3.63) is 86.6 Å². The number of amides is 1. The van der Waals surface area contributed by atoms with Crippen LogP contribution in [-0.2, 0) is 4.79 Å². The van der Waals surface area contributed by atoms with Gasteiger partial charge in [0.15, 0.2) is 5.17 Å². The summed E-state index contributed by atoms with van der Waals surface area (Å²) in [5.74, 6) is -1.13. The molecule has 0 unspecified atom stereocenters. The molecule has 0 bridgehead atoms. The number of amidine groups is 1. The summed E-state index contributed by atoms with van der Waals surface area (Å²) in [5, 5.41) is 9.90. The van der Waals surface area contributed by atoms with Gasteiger partial charge in [0.25, 0.3) is 5.91 Å². The number of aromatic carboxylic acids is 1. The van der Waals surface area contributed by atoms with Crippen molar-refractivity contribution in [3.63, 3.8) is 0 Å². The molecule has 3 aromatic rings. The number of rotatable bonds is 4. The van der Waals surface area contributed by atoms with Crippen molar-refractivity contribution in [1.29, 1.82) is 0 Å². The Bertz CT molecular complexity index is 1400. The average molecular weight is 474 g/mol. The number of carboxylic acids is 1. The Morgan fingerprint density at radius 1 is 1.03 bits per heavy atom. The summed E-state index contributed by atoms with van der Waals surface area (Å²) in [6, 6.07) is 13.5. The number of carbonyl (C=O) groups excluding carboxylic acids is 1. The van der Waals surface area contributed by atoms with Crippen molar-refractivity contribution >= 4 is 40.6 Å². The van der Waals surface area contributed by atoms with E-state index in [9.17, 15) is 14.7 Å². The summed E-state index contributed by atoms with van der Waals surface area (Å²) in [5.41, 5.74) is 8.01. The number of hydrogen-bond acceptors (Lipinski definition) is 4. The second-order valence-electron chi connectivity index (χ2n) is 8.55. The van der Waals surface area contributed by atoms with Crippen molar-refractivity contribution < 1.29 is 14.7 Å². The van der Waals surface area contributed by atoms with Crippen molar-refractivity contribution in [3.8, 4) is 5.69 Å². The van der Waals surface area contributed by atoms with Crippen LogP contribution in [-0.4, -0.2) is 38.7 Å². The summed E-state index contributed by atoms with van der Waals surface area (Å²) in [4.78, 5) is 31.1. The molecule has 1 saturated heterocycles. The van der Waals surface area contributed by atoms with E-state index in [0.717, 1.165) is 22.6 Å². The van der Waals surface area contributed by atoms with Crippen LogP contribution in [0.25, 0.3) is 11.8 Å². The number of carbonyl (C=O) groups is 2. The van der Waals surface area contributed by atoms with E-state index in [2.05, 4.69) is 61.5 Å². The maximum absolute atomic E-state index is 13.0. The first-order valence-electron chi connectivity index (χ1n) is 10.9. The van der Waals surface area contributed by atoms with Crippen LogP contribution in [0.5, 0.6) is 0 Å². The van der Waals surface area contributed by atoms with Gasteiger partial charge in [0.2, 0.25) is 0 Å². The van der Waals surface area contributed by atoms with Crippen LogP contribution in [0.3, 0.4) is 0 Å². The first-order valence-corrected chi connectivity index (χ1v) is 11.8. The summed E-state index contributed by atoms with van der Waals surface area (Å²) < 4.78 is 2.20. The molecule has 1 N–H and O–H groups in total. The Morgan fingerprint density at radius 3 is 2.44 bits per heavy atom. The zero-order valence-corrected chi connectivity index (χ0v) is 20.9. The molecule has 4 rings (SSSR count). The van der Waals surface area contributed by atoms with Crippen LogP contribution >= 0.6 is 11.8 Å². The molecule has 7 heteroatoms. The standard InChI is InChI=1S/C27H27N3O3S/c1-15-10-11-21(12-16(15)2)30-17(3)13-20(19(30)5)14-24-25(31)29(6)27(34-24)28-23-9-7-8-22(18(23)4)26(32)33/h7-14H,1-6H3,(H,32,33)/b24-14-,28-27?. The fourth-order valence-corrected chi connectivity index (χ4v) is 5.04. The Hall–Kier alpha value is -3.58. The Morgan fingerprint density at radius 2 is 1.76 bits per heavy atom. The van der Waals surface area contributed by atoms with E-state index < -0.39 is 5.97 Å². The number of aromatic nitrogens is 1. The predicted molar refractivity (Wildman–Crippen MR) is 138 cm³/mol. The highest BCUT2D eigenvalue weighted by molar-refractivity contribution is 8.18. The molecule has 1 fully saturated rings. The molecule has 1 aliphatic rings. The maximum atomic E-state index is 13.0. The van der Waals surface area contributed by atoms with Crippen LogP contribution in [0.1, 0.15) is 44.0 Å². The van der Waals surface area contributed by atoms with Crippen LogP contribution < -0.4 is 0 Å². The smallest absolute Gasteiger partial charge is 0.336 e. The molecule has 174 valence electrons. The molecule has 0 spiro atoms. The van der Waals surface area contributed by atoms with Gasteiger partial charge in [0.05, 0.1) is 16.2 Å². The van der Waals surface area contributed by atoms with Crippen LogP contribution in [0, 0.1) is 34.6 Å². The average Bonchev–Trinajstić information content (AvgIpc) is 3.21. The molecule has 0 atom stereocenters. The zero-order chi connectivity index (χ0) is 24.7. The number of aliphatic imine (C=N–C) groups is 1. The SMILES string of the molecule is Cc1ccc(-n2c(C)cc(/C=C3\SC(=Nc4cccc(C(=O)O)c4C)N(C)C3=O)c2C)cc1C. The normalized spacial score (nSPS) is 16.2. The molecule has 1 amide bonds. The van der Waals surface area contributed by atoms with E-state index in [-0.39, 0.29) is 11.5 Å². The number of thioether (sulfide) groups is 1. The van der Waals surface area contributed by atoms with Gasteiger partial charge < -0.3 is 9.67 Å². The third-order valence-corrected chi connectivity index (χ3v) is 7.32. The summed E-state index contributed by atoms with van der Waals surface area (Å²) in [6.45, 7) is 10.0. The van der Waals surface area contributed by atoms with Gasteiger partial charge in [0, 0.05) is 24.1 Å². The van der Waals surface area contributed by atoms with E-state index in [0.29, 0.717) is 21.3 Å². The fourth-order valence-electron chi connectivity index (χ4n) is 4.07. The Balaban J connectivity index is 1.70. The monoisotopic (exact) mass is 473 g/mol. The minimum absolute atomic E-state index is 0.133.